The van der Waals surface area contributed by atoms with E-state index in [1.807, 2.05) is 0 Å². The second kappa shape index (κ2) is 7.46. The molecule has 28 heavy (non-hydrogen) atoms. The number of amidine groups is 1. The standard InChI is InChI=1S/C15H14BrFN6O5/c1-7(11-4-5-12(26-11)22(24)25)27-23-15(20)13(14(18)19)21(28-23)8-2-3-10(17)9(16)6-8/h2-7H,20H2,1H3,(H3,18,19). The summed E-state index contributed by atoms with van der Waals surface area (Å²) < 4.78 is 18.7. The Morgan fingerprint density at radius 1 is 1.43 bits per heavy atom. The highest BCUT2D eigenvalue weighted by molar-refractivity contribution is 9.10. The van der Waals surface area contributed by atoms with E-state index in [4.69, 9.17) is 31.1 Å². The van der Waals surface area contributed by atoms with E-state index in [1.54, 1.807) is 6.92 Å². The van der Waals surface area contributed by atoms with Gasteiger partial charge in [0.05, 0.1) is 16.2 Å². The van der Waals surface area contributed by atoms with Crippen molar-refractivity contribution in [3.8, 4) is 0 Å². The van der Waals surface area contributed by atoms with E-state index in [0.717, 1.165) is 10.3 Å². The first kappa shape index (κ1) is 19.6. The molecule has 1 aliphatic heterocycles. The lowest BCUT2D eigenvalue weighted by molar-refractivity contribution is -0.403. The highest BCUT2D eigenvalue weighted by Gasteiger charge is 2.35. The molecule has 0 saturated heterocycles. The van der Waals surface area contributed by atoms with Crippen LogP contribution in [0.4, 0.5) is 16.0 Å². The van der Waals surface area contributed by atoms with Gasteiger partial charge in [0.15, 0.2) is 11.5 Å². The number of nitrogens with one attached hydrogen (secondary N) is 1. The van der Waals surface area contributed by atoms with Gasteiger partial charge in [0, 0.05) is 0 Å². The summed E-state index contributed by atoms with van der Waals surface area (Å²) in [4.78, 5) is 21.1. The number of rotatable bonds is 6. The zero-order valence-corrected chi connectivity index (χ0v) is 15.8. The summed E-state index contributed by atoms with van der Waals surface area (Å²) in [5.41, 5.74) is 11.8. The van der Waals surface area contributed by atoms with Crippen LogP contribution in [0.15, 0.2) is 50.7 Å². The van der Waals surface area contributed by atoms with E-state index in [-0.39, 0.29) is 21.8 Å². The molecule has 1 aliphatic rings. The Bertz CT molecular complexity index is 980. The van der Waals surface area contributed by atoms with Gasteiger partial charge in [-0.3, -0.25) is 15.5 Å². The fraction of sp³-hybridized carbons (Fsp3) is 0.133. The smallest absolute Gasteiger partial charge is 0.403 e. The van der Waals surface area contributed by atoms with Crippen molar-refractivity contribution in [1.29, 1.82) is 5.41 Å². The van der Waals surface area contributed by atoms with Gasteiger partial charge in [-0.2, -0.15) is 5.06 Å². The van der Waals surface area contributed by atoms with Crippen LogP contribution >= 0.6 is 15.9 Å². The third-order valence-corrected chi connectivity index (χ3v) is 4.25. The Labute approximate surface area is 165 Å². The maximum absolute atomic E-state index is 13.5. The molecule has 0 saturated carbocycles. The number of benzene rings is 1. The number of hydroxylamine groups is 3. The molecule has 0 bridgehead atoms. The topological polar surface area (TPSA) is 157 Å². The quantitative estimate of drug-likeness (QED) is 0.257. The summed E-state index contributed by atoms with van der Waals surface area (Å²) >= 11 is 3.06. The average Bonchev–Trinajstić information content (AvgIpc) is 3.23. The van der Waals surface area contributed by atoms with E-state index < -0.39 is 28.6 Å². The van der Waals surface area contributed by atoms with Crippen LogP contribution in [0.3, 0.4) is 0 Å². The van der Waals surface area contributed by atoms with E-state index in [0.29, 0.717) is 5.69 Å². The Kier molecular flexibility index (Phi) is 5.22. The van der Waals surface area contributed by atoms with Gasteiger partial charge in [-0.25, -0.2) is 9.23 Å². The molecule has 1 atom stereocenters. The van der Waals surface area contributed by atoms with E-state index in [1.165, 1.54) is 30.3 Å². The Hall–Kier alpha value is -3.16. The number of nitrogens with zero attached hydrogens (tertiary/aromatic N) is 3. The Balaban J connectivity index is 1.85. The molecular formula is C15H14BrFN6O5. The third kappa shape index (κ3) is 3.62. The monoisotopic (exact) mass is 456 g/mol. The molecule has 2 aromatic rings. The molecule has 1 aromatic carbocycles. The summed E-state index contributed by atoms with van der Waals surface area (Å²) in [5, 5.41) is 20.3. The lowest BCUT2D eigenvalue weighted by atomic mass is 10.3. The first-order valence-corrected chi connectivity index (χ1v) is 8.46. The van der Waals surface area contributed by atoms with Gasteiger partial charge in [-0.15, -0.1) is 4.94 Å². The fourth-order valence-electron chi connectivity index (χ4n) is 2.31. The van der Waals surface area contributed by atoms with Crippen molar-refractivity contribution in [3.63, 3.8) is 0 Å². The van der Waals surface area contributed by atoms with Crippen LogP contribution in [0.25, 0.3) is 0 Å². The van der Waals surface area contributed by atoms with Crippen molar-refractivity contribution in [1.82, 2.24) is 5.23 Å². The number of hydrogen-bond donors (Lipinski definition) is 3. The molecule has 0 fully saturated rings. The maximum Gasteiger partial charge on any atom is 0.433 e. The molecule has 0 aliphatic carbocycles. The van der Waals surface area contributed by atoms with Crippen molar-refractivity contribution in [2.45, 2.75) is 13.0 Å². The van der Waals surface area contributed by atoms with E-state index in [9.17, 15) is 14.5 Å². The minimum atomic E-state index is -0.833. The summed E-state index contributed by atoms with van der Waals surface area (Å²) in [6.45, 7) is 1.55. The van der Waals surface area contributed by atoms with Gasteiger partial charge in [0.2, 0.25) is 0 Å². The number of nitrogens with two attached hydrogens (primary N) is 2. The molecule has 5 N–H and O–H groups in total. The first-order valence-electron chi connectivity index (χ1n) is 7.67. The minimum Gasteiger partial charge on any atom is -0.403 e. The van der Waals surface area contributed by atoms with Crippen molar-refractivity contribution >= 4 is 33.3 Å². The number of halogens is 2. The maximum atomic E-state index is 13.5. The van der Waals surface area contributed by atoms with E-state index >= 15 is 0 Å². The van der Waals surface area contributed by atoms with Gasteiger partial charge in [-0.05, 0) is 47.1 Å². The molecule has 0 radical (unpaired) electrons. The van der Waals surface area contributed by atoms with Crippen LogP contribution in [-0.4, -0.2) is 16.0 Å². The molecule has 2 heterocycles. The van der Waals surface area contributed by atoms with Crippen molar-refractivity contribution in [2.24, 2.45) is 11.5 Å². The van der Waals surface area contributed by atoms with Crippen LogP contribution in [0.2, 0.25) is 0 Å². The van der Waals surface area contributed by atoms with Crippen molar-refractivity contribution in [2.75, 3.05) is 5.06 Å². The highest BCUT2D eigenvalue weighted by Crippen LogP contribution is 2.34. The van der Waals surface area contributed by atoms with Crippen molar-refractivity contribution in [3.05, 3.63) is 68.0 Å². The number of furan rings is 1. The number of anilines is 1. The lowest BCUT2D eigenvalue weighted by Crippen LogP contribution is -2.29. The number of nitro groups is 1. The van der Waals surface area contributed by atoms with E-state index in [2.05, 4.69) is 15.9 Å². The zero-order chi connectivity index (χ0) is 20.6. The minimum absolute atomic E-state index is 0.0314. The molecule has 1 aromatic heterocycles. The first-order chi connectivity index (χ1) is 13.2. The second-order valence-electron chi connectivity index (χ2n) is 5.56. The van der Waals surface area contributed by atoms with Crippen molar-refractivity contribution < 1.29 is 23.5 Å². The Morgan fingerprint density at radius 3 is 2.71 bits per heavy atom. The van der Waals surface area contributed by atoms with Gasteiger partial charge in [0.25, 0.3) is 0 Å². The predicted molar refractivity (Wildman–Crippen MR) is 97.5 cm³/mol. The lowest BCUT2D eigenvalue weighted by Gasteiger charge is -2.22. The van der Waals surface area contributed by atoms with Gasteiger partial charge in [0.1, 0.15) is 28.4 Å². The second-order valence-corrected chi connectivity index (χ2v) is 6.41. The highest BCUT2D eigenvalue weighted by atomic mass is 79.9. The van der Waals surface area contributed by atoms with Gasteiger partial charge >= 0.3 is 5.88 Å². The van der Waals surface area contributed by atoms with Gasteiger partial charge < -0.3 is 15.9 Å². The largest absolute Gasteiger partial charge is 0.433 e. The molecular weight excluding hydrogens is 443 g/mol. The zero-order valence-electron chi connectivity index (χ0n) is 14.3. The normalized spacial score (nSPS) is 15.2. The fourth-order valence-corrected chi connectivity index (χ4v) is 2.68. The van der Waals surface area contributed by atoms with Crippen LogP contribution in [-0.2, 0) is 9.78 Å². The molecule has 0 amide bonds. The summed E-state index contributed by atoms with van der Waals surface area (Å²) in [7, 11) is 0. The summed E-state index contributed by atoms with van der Waals surface area (Å²) in [6.07, 6.45) is -0.833. The van der Waals surface area contributed by atoms with Crippen LogP contribution in [0, 0.1) is 21.3 Å². The predicted octanol–water partition coefficient (Wildman–Crippen LogP) is 2.81. The molecule has 11 nitrogen and oxygen atoms in total. The third-order valence-electron chi connectivity index (χ3n) is 3.64. The molecule has 3 rings (SSSR count). The summed E-state index contributed by atoms with van der Waals surface area (Å²) in [6, 6.07) is 6.53. The van der Waals surface area contributed by atoms with Gasteiger partial charge in [-0.1, -0.05) is 5.23 Å². The van der Waals surface area contributed by atoms with Crippen LogP contribution < -0.4 is 16.5 Å². The van der Waals surface area contributed by atoms with Crippen LogP contribution in [0.5, 0.6) is 0 Å². The number of hydrogen-bond acceptors (Lipinski definition) is 9. The molecule has 13 heteroatoms. The molecule has 1 unspecified atom stereocenters. The Morgan fingerprint density at radius 2 is 2.14 bits per heavy atom. The molecule has 0 spiro atoms. The summed E-state index contributed by atoms with van der Waals surface area (Å²) in [5.74, 6) is -1.37. The SMILES string of the molecule is CC(ON1ON(c2ccc(F)c(Br)c2)C(C(=N)N)=C1N)c1ccc([N+](=O)[O-])o1. The molecule has 148 valence electrons. The average molecular weight is 457 g/mol. The van der Waals surface area contributed by atoms with Crippen LogP contribution in [0.1, 0.15) is 18.8 Å².